The van der Waals surface area contributed by atoms with E-state index in [2.05, 4.69) is 68.6 Å². The second kappa shape index (κ2) is 38.2. The molecule has 2 saturated heterocycles. The topological polar surface area (TPSA) is 198 Å². The van der Waals surface area contributed by atoms with Gasteiger partial charge in [-0.15, -0.1) is 0 Å². The normalized spacial score (nSPS) is 15.5. The molecule has 16 heteroatoms. The smallest absolute Gasteiger partial charge is 0.212 e. The van der Waals surface area contributed by atoms with Crippen molar-refractivity contribution < 1.29 is 38.4 Å². The zero-order valence-electron chi connectivity index (χ0n) is 62.1. The Morgan fingerprint density at radius 2 is 0.561 bits per heavy atom. The van der Waals surface area contributed by atoms with Crippen LogP contribution >= 0.6 is 0 Å². The lowest BCUT2D eigenvalue weighted by atomic mass is 9.83. The number of hydrogen-bond donors (Lipinski definition) is 4. The number of anilines is 2. The maximum atomic E-state index is 13.2. The summed E-state index contributed by atoms with van der Waals surface area (Å²) in [4.78, 5) is 114. The van der Waals surface area contributed by atoms with Gasteiger partial charge in [0.15, 0.2) is 11.6 Å². The molecule has 0 atom stereocenters. The van der Waals surface area contributed by atoms with E-state index in [9.17, 15) is 38.4 Å². The molecule has 0 amide bonds. The number of unbranched alkanes of at least 4 members (excludes halogenated alkanes) is 1. The molecule has 2 fully saturated rings. The highest BCUT2D eigenvalue weighted by Gasteiger charge is 2.38. The Bertz CT molecular complexity index is 4480. The van der Waals surface area contributed by atoms with Crippen LogP contribution in [0.1, 0.15) is 179 Å². The van der Waals surface area contributed by atoms with E-state index in [0.717, 1.165) is 133 Å². The number of fused-ring (bicyclic) bond motifs is 4. The van der Waals surface area contributed by atoms with Gasteiger partial charge in [0, 0.05) is 119 Å². The molecule has 6 aliphatic rings. The van der Waals surface area contributed by atoms with E-state index in [1.807, 2.05) is 146 Å². The fraction of sp³-hybridized carbons (Fsp3) is 0.297. The van der Waals surface area contributed by atoms with Crippen molar-refractivity contribution in [1.82, 2.24) is 30.2 Å². The first-order chi connectivity index (χ1) is 52.3. The molecule has 107 heavy (non-hydrogen) atoms. The molecule has 0 saturated carbocycles. The first kappa shape index (κ1) is 76.9. The third-order valence-corrected chi connectivity index (χ3v) is 20.4. The van der Waals surface area contributed by atoms with Gasteiger partial charge in [-0.3, -0.25) is 38.4 Å². The van der Waals surface area contributed by atoms with Crippen LogP contribution in [-0.2, 0) is 12.8 Å². The highest BCUT2D eigenvalue weighted by molar-refractivity contribution is 6.30. The molecule has 0 bridgehead atoms. The summed E-state index contributed by atoms with van der Waals surface area (Å²) >= 11 is 0. The van der Waals surface area contributed by atoms with E-state index >= 15 is 0 Å². The molecule has 4 aliphatic carbocycles. The van der Waals surface area contributed by atoms with Gasteiger partial charge in [0.05, 0.1) is 11.4 Å². The molecule has 2 heterocycles. The largest absolute Gasteiger partial charge is 0.380 e. The SMILES string of the molecule is CCN(CC)CCCCNC1=C(Nc2ccccc2)C(=O)c2ccccc2C1=O.CCN(CC)CCCNC1=C(Nc2ccccc2)C(=O)c2ccccc2C1=O.O=C1C(Cc2ccccc2)=C(N2CCCCC2)C(=O)c2ccccc21.O=C1C(Cc2ccccc2)=C(N2CCCCC2)C(=O)c2ccccc21. The minimum Gasteiger partial charge on any atom is -0.380 e. The molecule has 0 spiro atoms. The Morgan fingerprint density at radius 3 is 0.888 bits per heavy atom. The standard InChI is InChI=1S/C24H29N3O2.C23H27N3O2.2C22H21NO2/c1-3-27(4-2)17-11-10-16-25-21-22(26-18-12-6-5-7-13-18)24(29)20-15-9-8-14-19(20)23(21)28;1-3-26(4-2)16-10-15-24-20-21(25-17-11-6-5-7-12-17)23(28)19-14-9-8-13-18(19)22(20)27;2*24-21-17-11-5-6-12-18(17)22(25)20(23-13-7-2-8-14-23)19(21)15-16-9-3-1-4-10-16/h5-9,12-15,25-26H,3-4,10-11,16-17H2,1-2H3;5-9,11-14,24-25H,3-4,10,15-16H2,1-2H3;2*1,3-6,9-12H,2,7-8,13-15H2. The lowest BCUT2D eigenvalue weighted by Crippen LogP contribution is -2.37. The molecule has 550 valence electrons. The molecular weight excluding hydrogens is 1330 g/mol. The quantitative estimate of drug-likeness (QED) is 0.0394. The van der Waals surface area contributed by atoms with Gasteiger partial charge in [-0.25, -0.2) is 0 Å². The first-order valence-electron chi connectivity index (χ1n) is 38.1. The zero-order valence-corrected chi connectivity index (χ0v) is 62.1. The van der Waals surface area contributed by atoms with Gasteiger partial charge in [-0.05, 0) is 132 Å². The van der Waals surface area contributed by atoms with Crippen molar-refractivity contribution in [2.24, 2.45) is 0 Å². The van der Waals surface area contributed by atoms with E-state index in [0.29, 0.717) is 116 Å². The van der Waals surface area contributed by atoms with Crippen LogP contribution in [0, 0.1) is 0 Å². The number of rotatable bonds is 25. The van der Waals surface area contributed by atoms with Crippen LogP contribution in [0.3, 0.4) is 0 Å². The number of Topliss-reactive ketones (excluding diaryl/α,β-unsaturated/α-hetero) is 8. The molecule has 2 aliphatic heterocycles. The first-order valence-corrected chi connectivity index (χ1v) is 38.1. The molecule has 4 N–H and O–H groups in total. The van der Waals surface area contributed by atoms with Crippen LogP contribution in [0.25, 0.3) is 0 Å². The Balaban J connectivity index is 0.000000142. The average Bonchev–Trinajstić information content (AvgIpc) is 0.770. The second-order valence-corrected chi connectivity index (χ2v) is 27.3. The third-order valence-electron chi connectivity index (χ3n) is 20.4. The van der Waals surface area contributed by atoms with Crippen LogP contribution in [-0.4, -0.2) is 144 Å². The third kappa shape index (κ3) is 18.9. The second-order valence-electron chi connectivity index (χ2n) is 27.3. The number of hydrogen-bond acceptors (Lipinski definition) is 16. The number of nitrogens with one attached hydrogen (secondary N) is 4. The number of carbonyl (C=O) groups excluding carboxylic acids is 8. The van der Waals surface area contributed by atoms with Gasteiger partial charge in [0.2, 0.25) is 34.7 Å². The molecule has 8 aromatic rings. The van der Waals surface area contributed by atoms with Crippen molar-refractivity contribution in [3.63, 3.8) is 0 Å². The highest BCUT2D eigenvalue weighted by Crippen LogP contribution is 2.35. The summed E-state index contributed by atoms with van der Waals surface area (Å²) in [5, 5.41) is 12.8. The van der Waals surface area contributed by atoms with Crippen LogP contribution in [0.5, 0.6) is 0 Å². The van der Waals surface area contributed by atoms with Crippen molar-refractivity contribution >= 4 is 57.6 Å². The van der Waals surface area contributed by atoms with Crippen molar-refractivity contribution in [3.8, 4) is 0 Å². The predicted molar refractivity (Wildman–Crippen MR) is 425 cm³/mol. The van der Waals surface area contributed by atoms with Crippen molar-refractivity contribution in [2.45, 2.75) is 98.3 Å². The summed E-state index contributed by atoms with van der Waals surface area (Å²) in [6.07, 6.45) is 10.6. The Kier molecular flexibility index (Phi) is 27.4. The number of nitrogens with zero attached hydrogens (tertiary/aromatic N) is 4. The van der Waals surface area contributed by atoms with Crippen LogP contribution in [0.15, 0.2) is 264 Å². The number of allylic oxidation sites excluding steroid dienone is 8. The molecular formula is C91H98N8O8. The fourth-order valence-corrected chi connectivity index (χ4v) is 14.6. The Hall–Kier alpha value is -11.2. The van der Waals surface area contributed by atoms with Gasteiger partial charge >= 0.3 is 0 Å². The molecule has 16 nitrogen and oxygen atoms in total. The van der Waals surface area contributed by atoms with Gasteiger partial charge in [-0.1, -0.05) is 222 Å². The predicted octanol–water partition coefficient (Wildman–Crippen LogP) is 15.9. The summed E-state index contributed by atoms with van der Waals surface area (Å²) in [5.41, 5.74) is 11.6. The minimum absolute atomic E-state index is 0.000346. The van der Waals surface area contributed by atoms with E-state index < -0.39 is 0 Å². The highest BCUT2D eigenvalue weighted by atomic mass is 16.2. The summed E-state index contributed by atoms with van der Waals surface area (Å²) in [6, 6.07) is 67.2. The molecule has 14 rings (SSSR count). The molecule has 0 aromatic heterocycles. The van der Waals surface area contributed by atoms with E-state index in [1.165, 1.54) is 12.8 Å². The number of ketones is 8. The van der Waals surface area contributed by atoms with Crippen LogP contribution < -0.4 is 21.3 Å². The minimum atomic E-state index is -0.162. The lowest BCUT2D eigenvalue weighted by Gasteiger charge is -2.34. The van der Waals surface area contributed by atoms with Gasteiger partial charge in [0.25, 0.3) is 0 Å². The monoisotopic (exact) mass is 1430 g/mol. The number of para-hydroxylation sites is 2. The summed E-state index contributed by atoms with van der Waals surface area (Å²) in [5.74, 6) is -0.593. The molecule has 0 radical (unpaired) electrons. The molecule has 0 unspecified atom stereocenters. The number of benzene rings is 8. The summed E-state index contributed by atoms with van der Waals surface area (Å²) in [6.45, 7) is 19.4. The number of piperidine rings is 2. The lowest BCUT2D eigenvalue weighted by molar-refractivity contribution is 0.0931. The maximum Gasteiger partial charge on any atom is 0.212 e. The number of likely N-dealkylation sites (tertiary alicyclic amines) is 2. The maximum absolute atomic E-state index is 13.2. The van der Waals surface area contributed by atoms with Crippen LogP contribution in [0.2, 0.25) is 0 Å². The van der Waals surface area contributed by atoms with E-state index in [4.69, 9.17) is 0 Å². The van der Waals surface area contributed by atoms with E-state index in [1.54, 1.807) is 72.8 Å². The van der Waals surface area contributed by atoms with Crippen LogP contribution in [0.4, 0.5) is 11.4 Å². The van der Waals surface area contributed by atoms with Crippen molar-refractivity contribution in [3.05, 3.63) is 319 Å². The fourth-order valence-electron chi connectivity index (χ4n) is 14.6. The van der Waals surface area contributed by atoms with E-state index in [-0.39, 0.29) is 46.3 Å². The number of carbonyl (C=O) groups is 8. The van der Waals surface area contributed by atoms with Crippen molar-refractivity contribution in [1.29, 1.82) is 0 Å². The van der Waals surface area contributed by atoms with Crippen molar-refractivity contribution in [2.75, 3.05) is 89.2 Å². The van der Waals surface area contributed by atoms with Gasteiger partial charge in [-0.2, -0.15) is 0 Å². The average molecular weight is 1430 g/mol. The van der Waals surface area contributed by atoms with Gasteiger partial charge < -0.3 is 40.9 Å². The van der Waals surface area contributed by atoms with Gasteiger partial charge in [0.1, 0.15) is 22.8 Å². The summed E-state index contributed by atoms with van der Waals surface area (Å²) < 4.78 is 0. The summed E-state index contributed by atoms with van der Waals surface area (Å²) in [7, 11) is 0. The zero-order chi connectivity index (χ0) is 75.0. The molecule has 8 aromatic carbocycles. The Labute approximate surface area is 629 Å². The Morgan fingerprint density at radius 1 is 0.290 bits per heavy atom.